The van der Waals surface area contributed by atoms with Crippen molar-refractivity contribution in [3.05, 3.63) is 0 Å². The van der Waals surface area contributed by atoms with Gasteiger partial charge in [-0.1, -0.05) is 0 Å². The summed E-state index contributed by atoms with van der Waals surface area (Å²) < 4.78 is 5.25. The van der Waals surface area contributed by atoms with Crippen LogP contribution >= 0.6 is 0 Å². The molecule has 0 aromatic carbocycles. The van der Waals surface area contributed by atoms with Gasteiger partial charge in [-0.05, 0) is 34.6 Å². The molecular formula is C9H20O4. The molecule has 0 saturated heterocycles. The first-order valence-electron chi connectivity index (χ1n) is 4.33. The van der Waals surface area contributed by atoms with Gasteiger partial charge in [-0.2, -0.15) is 0 Å². The first-order valence-corrected chi connectivity index (χ1v) is 4.33. The van der Waals surface area contributed by atoms with Crippen molar-refractivity contribution in [2.24, 2.45) is 0 Å². The first kappa shape index (κ1) is 14.9. The van der Waals surface area contributed by atoms with Gasteiger partial charge < -0.3 is 14.9 Å². The zero-order chi connectivity index (χ0) is 11.0. The maximum atomic E-state index is 9.45. The summed E-state index contributed by atoms with van der Waals surface area (Å²) in [6, 6.07) is 0. The summed E-state index contributed by atoms with van der Waals surface area (Å²) in [5.74, 6) is -1.19. The van der Waals surface area contributed by atoms with E-state index >= 15 is 0 Å². The molecule has 1 atom stereocenters. The number of carboxylic acids is 1. The fourth-order valence-electron chi connectivity index (χ4n) is 0.544. The molecule has 80 valence electrons. The fraction of sp³-hybridized carbons (Fsp3) is 0.889. The van der Waals surface area contributed by atoms with E-state index in [0.29, 0.717) is 12.2 Å². The number of aliphatic hydroxyl groups is 1. The molecule has 0 aromatic rings. The van der Waals surface area contributed by atoms with Gasteiger partial charge in [0.25, 0.3) is 0 Å². The van der Waals surface area contributed by atoms with E-state index < -0.39 is 12.1 Å². The highest BCUT2D eigenvalue weighted by molar-refractivity contribution is 5.71. The van der Waals surface area contributed by atoms with Crippen LogP contribution in [0.25, 0.3) is 0 Å². The maximum Gasteiger partial charge on any atom is 0.332 e. The monoisotopic (exact) mass is 192 g/mol. The number of ether oxygens (including phenoxy) is 1. The van der Waals surface area contributed by atoms with Crippen molar-refractivity contribution in [3.8, 4) is 0 Å². The number of aliphatic hydroxyl groups excluding tert-OH is 1. The molecule has 4 nitrogen and oxygen atoms in total. The smallest absolute Gasteiger partial charge is 0.332 e. The maximum absolute atomic E-state index is 9.45. The summed E-state index contributed by atoms with van der Waals surface area (Å²) in [5, 5.41) is 15.8. The largest absolute Gasteiger partial charge is 0.479 e. The molecule has 0 radical (unpaired) electrons. The standard InChI is InChI=1S/C6H14O.C3H6O3/c1-5(2)7-6(3)4;1-2(4)3(5)6/h5-6H,1-4H3;2,4H,1H3,(H,5,6). The lowest BCUT2D eigenvalue weighted by Crippen LogP contribution is -2.13. The summed E-state index contributed by atoms with van der Waals surface area (Å²) in [6.07, 6.45) is -0.481. The molecule has 4 heteroatoms. The molecule has 0 amide bonds. The third-order valence-corrected chi connectivity index (χ3v) is 0.902. The normalized spacial score (nSPS) is 12.3. The van der Waals surface area contributed by atoms with Crippen molar-refractivity contribution in [1.29, 1.82) is 0 Å². The van der Waals surface area contributed by atoms with Crippen molar-refractivity contribution < 1.29 is 19.7 Å². The first-order chi connectivity index (χ1) is 5.77. The Hall–Kier alpha value is -0.610. The van der Waals surface area contributed by atoms with Gasteiger partial charge in [-0.25, -0.2) is 4.79 Å². The summed E-state index contributed by atoms with van der Waals surface area (Å²) in [7, 11) is 0. The predicted octanol–water partition coefficient (Wildman–Crippen LogP) is 1.27. The minimum Gasteiger partial charge on any atom is -0.479 e. The Morgan fingerprint density at radius 2 is 1.31 bits per heavy atom. The average molecular weight is 192 g/mol. The van der Waals surface area contributed by atoms with Crippen molar-refractivity contribution in [3.63, 3.8) is 0 Å². The quantitative estimate of drug-likeness (QED) is 0.706. The summed E-state index contributed by atoms with van der Waals surface area (Å²) >= 11 is 0. The Bertz CT molecular complexity index is 124. The van der Waals surface area contributed by atoms with Gasteiger partial charge in [-0.3, -0.25) is 0 Å². The van der Waals surface area contributed by atoms with Crippen LogP contribution in [-0.4, -0.2) is 34.5 Å². The molecule has 0 heterocycles. The van der Waals surface area contributed by atoms with Gasteiger partial charge in [-0.15, -0.1) is 0 Å². The van der Waals surface area contributed by atoms with Gasteiger partial charge in [0, 0.05) is 0 Å². The van der Waals surface area contributed by atoms with Gasteiger partial charge >= 0.3 is 5.97 Å². The van der Waals surface area contributed by atoms with Crippen LogP contribution in [0.1, 0.15) is 34.6 Å². The lowest BCUT2D eigenvalue weighted by atomic mass is 10.4. The minimum atomic E-state index is -1.23. The highest BCUT2D eigenvalue weighted by Gasteiger charge is 2.01. The van der Waals surface area contributed by atoms with E-state index in [2.05, 4.69) is 0 Å². The van der Waals surface area contributed by atoms with E-state index in [9.17, 15) is 4.79 Å². The van der Waals surface area contributed by atoms with E-state index in [4.69, 9.17) is 14.9 Å². The van der Waals surface area contributed by atoms with E-state index in [1.807, 2.05) is 27.7 Å². The molecule has 0 aromatic heterocycles. The number of hydrogen-bond acceptors (Lipinski definition) is 3. The second-order valence-corrected chi connectivity index (χ2v) is 3.25. The zero-order valence-corrected chi connectivity index (χ0v) is 8.94. The van der Waals surface area contributed by atoms with Gasteiger partial charge in [0.15, 0.2) is 0 Å². The van der Waals surface area contributed by atoms with E-state index in [1.165, 1.54) is 6.92 Å². The van der Waals surface area contributed by atoms with Crippen LogP contribution in [0.5, 0.6) is 0 Å². The highest BCUT2D eigenvalue weighted by Crippen LogP contribution is 1.93. The topological polar surface area (TPSA) is 66.8 Å². The Kier molecular flexibility index (Phi) is 9.17. The molecule has 0 bridgehead atoms. The van der Waals surface area contributed by atoms with E-state index in [-0.39, 0.29) is 0 Å². The van der Waals surface area contributed by atoms with Crippen LogP contribution < -0.4 is 0 Å². The molecule has 0 saturated carbocycles. The minimum absolute atomic E-state index is 0.375. The fourth-order valence-corrected chi connectivity index (χ4v) is 0.544. The van der Waals surface area contributed by atoms with Crippen molar-refractivity contribution in [1.82, 2.24) is 0 Å². The van der Waals surface area contributed by atoms with Gasteiger partial charge in [0.05, 0.1) is 12.2 Å². The van der Waals surface area contributed by atoms with Crippen molar-refractivity contribution >= 4 is 5.97 Å². The molecule has 0 fully saturated rings. The second kappa shape index (κ2) is 8.01. The molecule has 13 heavy (non-hydrogen) atoms. The van der Waals surface area contributed by atoms with Crippen LogP contribution in [0.2, 0.25) is 0 Å². The third kappa shape index (κ3) is 18.4. The van der Waals surface area contributed by atoms with Crippen LogP contribution in [0.15, 0.2) is 0 Å². The lowest BCUT2D eigenvalue weighted by Gasteiger charge is -2.09. The van der Waals surface area contributed by atoms with Crippen molar-refractivity contribution in [2.75, 3.05) is 0 Å². The Labute approximate surface area is 79.5 Å². The van der Waals surface area contributed by atoms with Crippen LogP contribution in [-0.2, 0) is 9.53 Å². The Morgan fingerprint density at radius 3 is 1.31 bits per heavy atom. The molecular weight excluding hydrogens is 172 g/mol. The molecule has 0 aliphatic carbocycles. The van der Waals surface area contributed by atoms with Crippen LogP contribution in [0, 0.1) is 0 Å². The molecule has 2 N–H and O–H groups in total. The molecule has 0 spiro atoms. The van der Waals surface area contributed by atoms with Gasteiger partial charge in [0.1, 0.15) is 6.10 Å². The summed E-state index contributed by atoms with van der Waals surface area (Å²) in [4.78, 5) is 9.45. The highest BCUT2D eigenvalue weighted by atomic mass is 16.5. The number of aliphatic carboxylic acids is 1. The third-order valence-electron chi connectivity index (χ3n) is 0.902. The number of carbonyl (C=O) groups is 1. The summed E-state index contributed by atoms with van der Waals surface area (Å²) in [5.41, 5.74) is 0. The van der Waals surface area contributed by atoms with E-state index in [1.54, 1.807) is 0 Å². The SMILES string of the molecule is CC(C)OC(C)C.CC(O)C(=O)O. The number of carboxylic acid groups (broad SMARTS) is 1. The molecule has 0 aliphatic rings. The Balaban J connectivity index is 0. The number of rotatable bonds is 3. The van der Waals surface area contributed by atoms with Crippen LogP contribution in [0.3, 0.4) is 0 Å². The predicted molar refractivity (Wildman–Crippen MR) is 50.7 cm³/mol. The molecule has 0 rings (SSSR count). The average Bonchev–Trinajstić information content (AvgIpc) is 1.84. The van der Waals surface area contributed by atoms with Gasteiger partial charge in [0.2, 0.25) is 0 Å². The lowest BCUT2D eigenvalue weighted by molar-refractivity contribution is -0.145. The molecule has 1 unspecified atom stereocenters. The van der Waals surface area contributed by atoms with Crippen LogP contribution in [0.4, 0.5) is 0 Å². The van der Waals surface area contributed by atoms with Crippen molar-refractivity contribution in [2.45, 2.75) is 52.9 Å². The summed E-state index contributed by atoms with van der Waals surface area (Å²) in [6.45, 7) is 9.36. The van der Waals surface area contributed by atoms with E-state index in [0.717, 1.165) is 0 Å². The molecule has 0 aliphatic heterocycles. The number of hydrogen-bond donors (Lipinski definition) is 2. The second-order valence-electron chi connectivity index (χ2n) is 3.25. The zero-order valence-electron chi connectivity index (χ0n) is 8.94. The Morgan fingerprint density at radius 1 is 1.08 bits per heavy atom.